The zero-order valence-electron chi connectivity index (χ0n) is 9.04. The number of nitrogens with zero attached hydrogens (tertiary/aromatic N) is 3. The standard InChI is InChI=1S/C13H10N4/c14-11-7-9-3-2-6-16-13(9)17-12(11)10-4-1-5-15-8-10/h1-8H,14H2. The van der Waals surface area contributed by atoms with Gasteiger partial charge in [0.2, 0.25) is 0 Å². The SMILES string of the molecule is Nc1cc2cccnc2nc1-c1cccnc1. The predicted octanol–water partition coefficient (Wildman–Crippen LogP) is 2.27. The lowest BCUT2D eigenvalue weighted by molar-refractivity contribution is 1.27. The van der Waals surface area contributed by atoms with E-state index >= 15 is 0 Å². The predicted molar refractivity (Wildman–Crippen MR) is 67.2 cm³/mol. The summed E-state index contributed by atoms with van der Waals surface area (Å²) < 4.78 is 0. The third-order valence-electron chi connectivity index (χ3n) is 2.55. The van der Waals surface area contributed by atoms with Crippen molar-refractivity contribution in [3.8, 4) is 11.3 Å². The molecule has 3 aromatic heterocycles. The molecule has 0 atom stereocenters. The minimum absolute atomic E-state index is 0.638. The summed E-state index contributed by atoms with van der Waals surface area (Å²) in [7, 11) is 0. The molecule has 3 aromatic rings. The van der Waals surface area contributed by atoms with Crippen molar-refractivity contribution in [2.24, 2.45) is 0 Å². The monoisotopic (exact) mass is 222 g/mol. The highest BCUT2D eigenvalue weighted by Crippen LogP contribution is 2.25. The fourth-order valence-electron chi connectivity index (χ4n) is 1.76. The minimum Gasteiger partial charge on any atom is -0.397 e. The highest BCUT2D eigenvalue weighted by molar-refractivity contribution is 5.85. The first kappa shape index (κ1) is 9.72. The first-order chi connectivity index (χ1) is 8.34. The topological polar surface area (TPSA) is 64.7 Å². The second-order valence-electron chi connectivity index (χ2n) is 3.72. The number of nitrogens with two attached hydrogens (primary N) is 1. The van der Waals surface area contributed by atoms with Crippen LogP contribution in [0.2, 0.25) is 0 Å². The van der Waals surface area contributed by atoms with Gasteiger partial charge < -0.3 is 5.73 Å². The molecule has 0 radical (unpaired) electrons. The van der Waals surface area contributed by atoms with Crippen LogP contribution in [0.1, 0.15) is 0 Å². The fourth-order valence-corrected chi connectivity index (χ4v) is 1.76. The van der Waals surface area contributed by atoms with Crippen LogP contribution in [0.5, 0.6) is 0 Å². The van der Waals surface area contributed by atoms with Gasteiger partial charge in [-0.05, 0) is 30.3 Å². The van der Waals surface area contributed by atoms with Crippen LogP contribution in [-0.2, 0) is 0 Å². The Morgan fingerprint density at radius 1 is 1.06 bits per heavy atom. The van der Waals surface area contributed by atoms with E-state index in [1.54, 1.807) is 18.6 Å². The fraction of sp³-hybridized carbons (Fsp3) is 0. The normalized spacial score (nSPS) is 10.6. The van der Waals surface area contributed by atoms with E-state index in [-0.39, 0.29) is 0 Å². The zero-order chi connectivity index (χ0) is 11.7. The summed E-state index contributed by atoms with van der Waals surface area (Å²) in [6.07, 6.45) is 5.19. The Bertz CT molecular complexity index is 665. The maximum absolute atomic E-state index is 6.00. The van der Waals surface area contributed by atoms with E-state index in [2.05, 4.69) is 15.0 Å². The molecule has 0 saturated carbocycles. The highest BCUT2D eigenvalue weighted by Gasteiger charge is 2.06. The van der Waals surface area contributed by atoms with Crippen molar-refractivity contribution in [2.75, 3.05) is 5.73 Å². The van der Waals surface area contributed by atoms with Crippen LogP contribution in [0, 0.1) is 0 Å². The maximum Gasteiger partial charge on any atom is 0.159 e. The zero-order valence-corrected chi connectivity index (χ0v) is 9.04. The Morgan fingerprint density at radius 3 is 2.76 bits per heavy atom. The molecule has 0 unspecified atom stereocenters. The largest absolute Gasteiger partial charge is 0.397 e. The quantitative estimate of drug-likeness (QED) is 0.686. The number of hydrogen-bond acceptors (Lipinski definition) is 4. The summed E-state index contributed by atoms with van der Waals surface area (Å²) in [5.74, 6) is 0. The summed E-state index contributed by atoms with van der Waals surface area (Å²) in [6, 6.07) is 9.49. The number of rotatable bonds is 1. The molecule has 0 aliphatic rings. The van der Waals surface area contributed by atoms with Crippen LogP contribution < -0.4 is 5.73 Å². The van der Waals surface area contributed by atoms with Gasteiger partial charge in [-0.3, -0.25) is 4.98 Å². The third-order valence-corrected chi connectivity index (χ3v) is 2.55. The molecule has 3 rings (SSSR count). The molecule has 82 valence electrons. The van der Waals surface area contributed by atoms with Gasteiger partial charge in [0, 0.05) is 29.5 Å². The van der Waals surface area contributed by atoms with Gasteiger partial charge in [0.25, 0.3) is 0 Å². The number of anilines is 1. The number of nitrogen functional groups attached to an aromatic ring is 1. The van der Waals surface area contributed by atoms with Crippen molar-refractivity contribution in [2.45, 2.75) is 0 Å². The smallest absolute Gasteiger partial charge is 0.159 e. The van der Waals surface area contributed by atoms with Crippen molar-refractivity contribution in [3.05, 3.63) is 48.9 Å². The van der Waals surface area contributed by atoms with Gasteiger partial charge >= 0.3 is 0 Å². The molecule has 3 heterocycles. The molecule has 0 amide bonds. The Labute approximate surface area is 98.2 Å². The van der Waals surface area contributed by atoms with Crippen LogP contribution in [0.4, 0.5) is 5.69 Å². The molecule has 0 aliphatic heterocycles. The van der Waals surface area contributed by atoms with Crippen molar-refractivity contribution in [3.63, 3.8) is 0 Å². The molecule has 17 heavy (non-hydrogen) atoms. The van der Waals surface area contributed by atoms with Gasteiger partial charge in [-0.15, -0.1) is 0 Å². The van der Waals surface area contributed by atoms with Gasteiger partial charge in [-0.2, -0.15) is 0 Å². The second-order valence-corrected chi connectivity index (χ2v) is 3.72. The summed E-state index contributed by atoms with van der Waals surface area (Å²) in [6.45, 7) is 0. The Morgan fingerprint density at radius 2 is 1.94 bits per heavy atom. The second kappa shape index (κ2) is 3.83. The minimum atomic E-state index is 0.638. The third kappa shape index (κ3) is 1.69. The summed E-state index contributed by atoms with van der Waals surface area (Å²) in [5.41, 5.74) is 8.96. The van der Waals surface area contributed by atoms with Gasteiger partial charge in [0.1, 0.15) is 0 Å². The van der Waals surface area contributed by atoms with E-state index in [0.29, 0.717) is 11.3 Å². The van der Waals surface area contributed by atoms with Crippen molar-refractivity contribution in [1.29, 1.82) is 0 Å². The molecule has 0 spiro atoms. The number of pyridine rings is 3. The van der Waals surface area contributed by atoms with Crippen molar-refractivity contribution < 1.29 is 0 Å². The van der Waals surface area contributed by atoms with Gasteiger partial charge in [0.15, 0.2) is 5.65 Å². The Hall–Kier alpha value is -2.49. The van der Waals surface area contributed by atoms with Crippen LogP contribution in [0.25, 0.3) is 22.3 Å². The first-order valence-corrected chi connectivity index (χ1v) is 5.26. The van der Waals surface area contributed by atoms with E-state index in [1.807, 2.05) is 30.3 Å². The summed E-state index contributed by atoms with van der Waals surface area (Å²) >= 11 is 0. The molecule has 2 N–H and O–H groups in total. The van der Waals surface area contributed by atoms with E-state index in [0.717, 1.165) is 16.6 Å². The lowest BCUT2D eigenvalue weighted by Crippen LogP contribution is -1.95. The van der Waals surface area contributed by atoms with Crippen LogP contribution >= 0.6 is 0 Å². The molecular weight excluding hydrogens is 212 g/mol. The van der Waals surface area contributed by atoms with E-state index < -0.39 is 0 Å². The van der Waals surface area contributed by atoms with Crippen LogP contribution in [-0.4, -0.2) is 15.0 Å². The average molecular weight is 222 g/mol. The Kier molecular flexibility index (Phi) is 2.19. The molecule has 0 aliphatic carbocycles. The molecule has 0 aromatic carbocycles. The molecule has 0 bridgehead atoms. The number of aromatic nitrogens is 3. The lowest BCUT2D eigenvalue weighted by atomic mass is 10.1. The van der Waals surface area contributed by atoms with Crippen molar-refractivity contribution in [1.82, 2.24) is 15.0 Å². The molecule has 4 nitrogen and oxygen atoms in total. The first-order valence-electron chi connectivity index (χ1n) is 5.26. The lowest BCUT2D eigenvalue weighted by Gasteiger charge is -2.05. The number of fused-ring (bicyclic) bond motifs is 1. The average Bonchev–Trinajstić information content (AvgIpc) is 2.39. The molecule has 0 saturated heterocycles. The number of hydrogen-bond donors (Lipinski definition) is 1. The maximum atomic E-state index is 6.00. The van der Waals surface area contributed by atoms with E-state index in [9.17, 15) is 0 Å². The van der Waals surface area contributed by atoms with Crippen LogP contribution in [0.3, 0.4) is 0 Å². The molecular formula is C13H10N4. The van der Waals surface area contributed by atoms with Crippen molar-refractivity contribution >= 4 is 16.7 Å². The van der Waals surface area contributed by atoms with Gasteiger partial charge in [-0.1, -0.05) is 0 Å². The summed E-state index contributed by atoms with van der Waals surface area (Å²) in [5, 5.41) is 0.942. The van der Waals surface area contributed by atoms with E-state index in [1.165, 1.54) is 0 Å². The van der Waals surface area contributed by atoms with Gasteiger partial charge in [-0.25, -0.2) is 9.97 Å². The highest BCUT2D eigenvalue weighted by atomic mass is 14.9. The molecule has 4 heteroatoms. The van der Waals surface area contributed by atoms with E-state index in [4.69, 9.17) is 5.73 Å². The Balaban J connectivity index is 2.27. The van der Waals surface area contributed by atoms with Crippen LogP contribution in [0.15, 0.2) is 48.9 Å². The molecule has 0 fully saturated rings. The summed E-state index contributed by atoms with van der Waals surface area (Å²) in [4.78, 5) is 12.8. The van der Waals surface area contributed by atoms with Gasteiger partial charge in [0.05, 0.1) is 11.4 Å².